The molecule has 25 heavy (non-hydrogen) atoms. The minimum Gasteiger partial charge on any atom is -0.457 e. The van der Waals surface area contributed by atoms with Gasteiger partial charge in [0.1, 0.15) is 6.61 Å². The fraction of sp³-hybridized carbons (Fsp3) is 0.294. The normalized spacial score (nSPS) is 14.4. The lowest BCUT2D eigenvalue weighted by Crippen LogP contribution is -2.35. The molecule has 0 spiro atoms. The van der Waals surface area contributed by atoms with E-state index >= 15 is 0 Å². The molecule has 0 bridgehead atoms. The lowest BCUT2D eigenvalue weighted by molar-refractivity contribution is -0.380. The summed E-state index contributed by atoms with van der Waals surface area (Å²) in [5.74, 6) is -0.411. The van der Waals surface area contributed by atoms with E-state index in [4.69, 9.17) is 4.74 Å². The van der Waals surface area contributed by atoms with Crippen LogP contribution in [0.4, 0.5) is 10.7 Å². The molecular weight excluding hydrogens is 344 g/mol. The van der Waals surface area contributed by atoms with E-state index in [0.717, 1.165) is 29.9 Å². The van der Waals surface area contributed by atoms with Crippen LogP contribution in [0.5, 0.6) is 0 Å². The maximum Gasteiger partial charge on any atom is 0.338 e. The first-order valence-electron chi connectivity index (χ1n) is 7.84. The van der Waals surface area contributed by atoms with Crippen LogP contribution in [0.15, 0.2) is 35.7 Å². The van der Waals surface area contributed by atoms with Crippen LogP contribution in [0.1, 0.15) is 35.2 Å². The fourth-order valence-electron chi connectivity index (χ4n) is 2.62. The molecule has 8 heteroatoms. The van der Waals surface area contributed by atoms with E-state index in [1.54, 1.807) is 34.5 Å². The number of benzene rings is 1. The summed E-state index contributed by atoms with van der Waals surface area (Å²) in [5, 5.41) is 12.2. The van der Waals surface area contributed by atoms with E-state index in [2.05, 4.69) is 0 Å². The Balaban J connectivity index is 1.60. The molecule has 0 aliphatic carbocycles. The highest BCUT2D eigenvalue weighted by atomic mass is 32.1. The Morgan fingerprint density at radius 1 is 1.28 bits per heavy atom. The van der Waals surface area contributed by atoms with Crippen molar-refractivity contribution in [2.75, 3.05) is 11.4 Å². The van der Waals surface area contributed by atoms with Gasteiger partial charge in [-0.05, 0) is 37.1 Å². The quantitative estimate of drug-likeness (QED) is 0.462. The average molecular weight is 360 g/mol. The Morgan fingerprint density at radius 3 is 2.68 bits per heavy atom. The van der Waals surface area contributed by atoms with E-state index in [1.165, 1.54) is 6.07 Å². The van der Waals surface area contributed by atoms with Gasteiger partial charge in [-0.3, -0.25) is 14.9 Å². The monoisotopic (exact) mass is 360 g/mol. The van der Waals surface area contributed by atoms with Gasteiger partial charge in [0.25, 0.3) is 0 Å². The largest absolute Gasteiger partial charge is 0.457 e. The number of piperidine rings is 1. The molecule has 1 aromatic heterocycles. The van der Waals surface area contributed by atoms with Crippen LogP contribution >= 0.6 is 11.3 Å². The highest BCUT2D eigenvalue weighted by Crippen LogP contribution is 2.24. The number of esters is 1. The number of ether oxygens (including phenoxy) is 1. The van der Waals surface area contributed by atoms with E-state index in [0.29, 0.717) is 24.1 Å². The molecule has 0 atom stereocenters. The predicted molar refractivity (Wildman–Crippen MR) is 92.7 cm³/mol. The third-order valence-electron chi connectivity index (χ3n) is 3.93. The summed E-state index contributed by atoms with van der Waals surface area (Å²) in [7, 11) is 0. The summed E-state index contributed by atoms with van der Waals surface area (Å²) in [5.41, 5.74) is 1.73. The Morgan fingerprint density at radius 2 is 2.04 bits per heavy atom. The molecule has 0 unspecified atom stereocenters. The Labute approximate surface area is 148 Å². The number of rotatable bonds is 5. The highest BCUT2D eigenvalue weighted by Gasteiger charge is 2.20. The number of nitro groups is 1. The van der Waals surface area contributed by atoms with Crippen LogP contribution in [0.25, 0.3) is 0 Å². The van der Waals surface area contributed by atoms with Gasteiger partial charge in [-0.2, -0.15) is 0 Å². The SMILES string of the molecule is O=C(OCc1csc([N+](=O)[O-])c1)c1ccc(N2CCCCC2=O)cc1. The molecule has 1 aliphatic heterocycles. The Bertz CT molecular complexity index is 800. The Kier molecular flexibility index (Phi) is 5.08. The number of hydrogen-bond acceptors (Lipinski definition) is 6. The number of anilines is 1. The van der Waals surface area contributed by atoms with Crippen LogP contribution in [-0.4, -0.2) is 23.3 Å². The summed E-state index contributed by atoms with van der Waals surface area (Å²) in [6.45, 7) is 0.676. The minimum absolute atomic E-state index is 0.0154. The number of amides is 1. The van der Waals surface area contributed by atoms with Gasteiger partial charge in [-0.25, -0.2) is 4.79 Å². The van der Waals surface area contributed by atoms with Crippen molar-refractivity contribution in [1.29, 1.82) is 0 Å². The van der Waals surface area contributed by atoms with Crippen molar-refractivity contribution in [1.82, 2.24) is 0 Å². The maximum absolute atomic E-state index is 12.1. The summed E-state index contributed by atoms with van der Waals surface area (Å²) in [6.07, 6.45) is 2.44. The van der Waals surface area contributed by atoms with Crippen molar-refractivity contribution in [3.8, 4) is 0 Å². The second kappa shape index (κ2) is 7.43. The molecule has 0 N–H and O–H groups in total. The third-order valence-corrected chi connectivity index (χ3v) is 4.86. The van der Waals surface area contributed by atoms with Crippen LogP contribution in [0.2, 0.25) is 0 Å². The molecule has 1 aromatic carbocycles. The summed E-state index contributed by atoms with van der Waals surface area (Å²) in [4.78, 5) is 35.9. The zero-order valence-corrected chi connectivity index (χ0v) is 14.2. The second-order valence-electron chi connectivity index (χ2n) is 5.68. The number of thiophene rings is 1. The van der Waals surface area contributed by atoms with Crippen LogP contribution in [0, 0.1) is 10.1 Å². The molecule has 130 valence electrons. The smallest absolute Gasteiger partial charge is 0.338 e. The molecule has 0 radical (unpaired) electrons. The van der Waals surface area contributed by atoms with Crippen molar-refractivity contribution in [3.63, 3.8) is 0 Å². The van der Waals surface area contributed by atoms with Gasteiger partial charge in [0, 0.05) is 35.7 Å². The first-order chi connectivity index (χ1) is 12.0. The molecule has 3 rings (SSSR count). The van der Waals surface area contributed by atoms with E-state index in [-0.39, 0.29) is 17.5 Å². The van der Waals surface area contributed by atoms with Gasteiger partial charge in [-0.15, -0.1) is 0 Å². The van der Waals surface area contributed by atoms with E-state index in [9.17, 15) is 19.7 Å². The summed E-state index contributed by atoms with van der Waals surface area (Å²) in [6, 6.07) is 8.10. The van der Waals surface area contributed by atoms with Crippen molar-refractivity contribution >= 4 is 33.9 Å². The van der Waals surface area contributed by atoms with Crippen molar-refractivity contribution in [2.45, 2.75) is 25.9 Å². The average Bonchev–Trinajstić information content (AvgIpc) is 3.10. The van der Waals surface area contributed by atoms with Crippen LogP contribution in [-0.2, 0) is 16.1 Å². The molecular formula is C17H16N2O5S. The number of hydrogen-bond donors (Lipinski definition) is 0. The molecule has 2 heterocycles. The van der Waals surface area contributed by atoms with Crippen molar-refractivity contribution < 1.29 is 19.2 Å². The molecule has 0 saturated carbocycles. The molecule has 7 nitrogen and oxygen atoms in total. The van der Waals surface area contributed by atoms with Gasteiger partial charge in [0.05, 0.1) is 10.5 Å². The third kappa shape index (κ3) is 4.03. The number of nitrogens with zero attached hydrogens (tertiary/aromatic N) is 2. The van der Waals surface area contributed by atoms with Gasteiger partial charge in [0.2, 0.25) is 5.91 Å². The van der Waals surface area contributed by atoms with E-state index < -0.39 is 10.9 Å². The van der Waals surface area contributed by atoms with Gasteiger partial charge in [0.15, 0.2) is 0 Å². The number of carbonyl (C=O) groups is 2. The second-order valence-corrected chi connectivity index (χ2v) is 6.57. The zero-order valence-electron chi connectivity index (χ0n) is 13.3. The maximum atomic E-state index is 12.1. The minimum atomic E-state index is -0.509. The van der Waals surface area contributed by atoms with Crippen LogP contribution in [0.3, 0.4) is 0 Å². The van der Waals surface area contributed by atoms with Crippen molar-refractivity contribution in [2.24, 2.45) is 0 Å². The van der Waals surface area contributed by atoms with Crippen LogP contribution < -0.4 is 4.90 Å². The molecule has 2 aromatic rings. The molecule has 1 amide bonds. The molecule has 1 aliphatic rings. The van der Waals surface area contributed by atoms with Gasteiger partial charge in [-0.1, -0.05) is 11.3 Å². The topological polar surface area (TPSA) is 89.8 Å². The summed E-state index contributed by atoms with van der Waals surface area (Å²) >= 11 is 0.995. The van der Waals surface area contributed by atoms with Crippen molar-refractivity contribution in [3.05, 3.63) is 57.0 Å². The fourth-order valence-corrected chi connectivity index (χ4v) is 3.34. The standard InChI is InChI=1S/C17H16N2O5S/c20-15-3-1-2-8-18(15)14-6-4-13(5-7-14)17(21)24-10-12-9-16(19(22)23)25-11-12/h4-7,9,11H,1-3,8,10H2. The lowest BCUT2D eigenvalue weighted by Gasteiger charge is -2.26. The van der Waals surface area contributed by atoms with Gasteiger partial charge < -0.3 is 9.64 Å². The van der Waals surface area contributed by atoms with Gasteiger partial charge >= 0.3 is 11.0 Å². The Hall–Kier alpha value is -2.74. The zero-order chi connectivity index (χ0) is 17.8. The highest BCUT2D eigenvalue weighted by molar-refractivity contribution is 7.13. The first-order valence-corrected chi connectivity index (χ1v) is 8.72. The van der Waals surface area contributed by atoms with E-state index in [1.807, 2.05) is 0 Å². The molecule has 1 saturated heterocycles. The molecule has 1 fully saturated rings. The lowest BCUT2D eigenvalue weighted by atomic mass is 10.1. The first kappa shape index (κ1) is 17.1. The number of carbonyl (C=O) groups excluding carboxylic acids is 2. The predicted octanol–water partition coefficient (Wildman–Crippen LogP) is 3.53. The summed E-state index contributed by atoms with van der Waals surface area (Å²) < 4.78 is 5.18.